The summed E-state index contributed by atoms with van der Waals surface area (Å²) in [5.74, 6) is -1.72. The number of anilines is 1. The maximum Gasteiger partial charge on any atom is 0.323 e. The summed E-state index contributed by atoms with van der Waals surface area (Å²) in [5.41, 5.74) is 0.548. The van der Waals surface area contributed by atoms with Gasteiger partial charge in [-0.2, -0.15) is 0 Å². The molecule has 1 aliphatic rings. The number of unbranched alkanes of at least 4 members (excludes halogenated alkanes) is 1. The number of carboxylic acids is 1. The van der Waals surface area contributed by atoms with Gasteiger partial charge in [-0.3, -0.25) is 29.4 Å². The number of aliphatic carboxylic acids is 1. The molecule has 0 aliphatic carbocycles. The normalized spacial score (nSPS) is 16.8. The molecular formula is C21H29N3O6S. The predicted octanol–water partition coefficient (Wildman–Crippen LogP) is 1.41. The van der Waals surface area contributed by atoms with E-state index in [9.17, 15) is 24.3 Å². The van der Waals surface area contributed by atoms with Crippen LogP contribution in [-0.2, 0) is 23.9 Å². The van der Waals surface area contributed by atoms with Crippen LogP contribution in [0.4, 0.5) is 5.69 Å². The molecule has 1 aliphatic heterocycles. The summed E-state index contributed by atoms with van der Waals surface area (Å²) in [6.07, 6.45) is 1.75. The van der Waals surface area contributed by atoms with Crippen molar-refractivity contribution in [1.82, 2.24) is 10.6 Å². The van der Waals surface area contributed by atoms with E-state index >= 15 is 0 Å². The van der Waals surface area contributed by atoms with Crippen molar-refractivity contribution >= 4 is 41.2 Å². The summed E-state index contributed by atoms with van der Waals surface area (Å²) in [5, 5.41) is 15.1. The molecule has 2 amide bonds. The van der Waals surface area contributed by atoms with Gasteiger partial charge in [0.1, 0.15) is 12.6 Å². The molecule has 0 aromatic heterocycles. The smallest absolute Gasteiger partial charge is 0.323 e. The standard InChI is InChI=1S/C21H29N3O6S/c1-3-30-21(29)15(8-6-7-11-22-14(2)25)23-16-13-31-18-10-5-4-9-17(18)24(20(16)28)12-19(26)27/h4-5,9-10,15-16,23H,3,6-8,11-13H2,1-2H3,(H,22,25)(H,26,27)/t15-,16-/m0/s1. The van der Waals surface area contributed by atoms with Gasteiger partial charge in [-0.05, 0) is 38.3 Å². The number of carbonyl (C=O) groups excluding carboxylic acids is 3. The van der Waals surface area contributed by atoms with Gasteiger partial charge in [-0.1, -0.05) is 12.1 Å². The molecule has 1 aromatic rings. The van der Waals surface area contributed by atoms with Gasteiger partial charge >= 0.3 is 11.9 Å². The van der Waals surface area contributed by atoms with Gasteiger partial charge in [0.05, 0.1) is 18.3 Å². The van der Waals surface area contributed by atoms with Crippen molar-refractivity contribution in [2.24, 2.45) is 0 Å². The first kappa shape index (κ1) is 24.7. The topological polar surface area (TPSA) is 125 Å². The van der Waals surface area contributed by atoms with Crippen LogP contribution < -0.4 is 15.5 Å². The molecule has 0 saturated carbocycles. The second-order valence-corrected chi connectivity index (χ2v) is 8.16. The Kier molecular flexibility index (Phi) is 9.80. The average Bonchev–Trinajstić information content (AvgIpc) is 2.84. The van der Waals surface area contributed by atoms with Crippen molar-refractivity contribution in [3.8, 4) is 0 Å². The molecule has 1 heterocycles. The first-order valence-corrected chi connectivity index (χ1v) is 11.2. The number of thioether (sulfide) groups is 1. The Morgan fingerprint density at radius 2 is 2.03 bits per heavy atom. The first-order valence-electron chi connectivity index (χ1n) is 10.3. The fourth-order valence-electron chi connectivity index (χ4n) is 3.26. The Bertz CT molecular complexity index is 803. The van der Waals surface area contributed by atoms with Crippen molar-refractivity contribution in [1.29, 1.82) is 0 Å². The number of nitrogens with zero attached hydrogens (tertiary/aromatic N) is 1. The minimum Gasteiger partial charge on any atom is -0.480 e. The van der Waals surface area contributed by atoms with Gasteiger partial charge in [0.2, 0.25) is 11.8 Å². The Labute approximate surface area is 185 Å². The van der Waals surface area contributed by atoms with Gasteiger partial charge in [0.15, 0.2) is 0 Å². The second-order valence-electron chi connectivity index (χ2n) is 7.10. The van der Waals surface area contributed by atoms with Crippen LogP contribution in [0.25, 0.3) is 0 Å². The van der Waals surface area contributed by atoms with Crippen LogP contribution in [-0.4, -0.2) is 66.4 Å². The predicted molar refractivity (Wildman–Crippen MR) is 117 cm³/mol. The van der Waals surface area contributed by atoms with E-state index in [1.165, 1.54) is 23.6 Å². The van der Waals surface area contributed by atoms with Gasteiger partial charge < -0.3 is 15.2 Å². The zero-order valence-corrected chi connectivity index (χ0v) is 18.6. The van der Waals surface area contributed by atoms with Crippen LogP contribution in [0.1, 0.15) is 33.1 Å². The summed E-state index contributed by atoms with van der Waals surface area (Å²) < 4.78 is 5.16. The number of esters is 1. The molecule has 31 heavy (non-hydrogen) atoms. The van der Waals surface area contributed by atoms with Crippen LogP contribution in [0.15, 0.2) is 29.2 Å². The van der Waals surface area contributed by atoms with E-state index in [2.05, 4.69) is 10.6 Å². The highest BCUT2D eigenvalue weighted by Crippen LogP contribution is 2.34. The Balaban J connectivity index is 2.13. The van der Waals surface area contributed by atoms with Crippen molar-refractivity contribution in [2.45, 2.75) is 50.1 Å². The maximum absolute atomic E-state index is 13.2. The van der Waals surface area contributed by atoms with E-state index in [1.807, 2.05) is 12.1 Å². The van der Waals surface area contributed by atoms with Crippen LogP contribution in [0, 0.1) is 0 Å². The molecule has 170 valence electrons. The number of para-hydroxylation sites is 1. The zero-order chi connectivity index (χ0) is 22.8. The van der Waals surface area contributed by atoms with E-state index in [4.69, 9.17) is 4.74 Å². The lowest BCUT2D eigenvalue weighted by Crippen LogP contribution is -2.54. The summed E-state index contributed by atoms with van der Waals surface area (Å²) in [7, 11) is 0. The lowest BCUT2D eigenvalue weighted by molar-refractivity contribution is -0.146. The highest BCUT2D eigenvalue weighted by Gasteiger charge is 2.34. The number of rotatable bonds is 11. The van der Waals surface area contributed by atoms with Crippen molar-refractivity contribution in [2.75, 3.05) is 30.3 Å². The van der Waals surface area contributed by atoms with Gasteiger partial charge in [0.25, 0.3) is 0 Å². The molecule has 0 fully saturated rings. The average molecular weight is 452 g/mol. The summed E-state index contributed by atoms with van der Waals surface area (Å²) in [4.78, 5) is 50.1. The molecule has 0 unspecified atom stereocenters. The number of amides is 2. The third kappa shape index (κ3) is 7.55. The lowest BCUT2D eigenvalue weighted by atomic mass is 10.1. The molecule has 0 spiro atoms. The number of benzene rings is 1. The molecule has 2 rings (SSSR count). The number of hydrogen-bond donors (Lipinski definition) is 3. The quantitative estimate of drug-likeness (QED) is 0.341. The van der Waals surface area contributed by atoms with Gasteiger partial charge in [-0.25, -0.2) is 0 Å². The third-order valence-corrected chi connectivity index (χ3v) is 5.84. The number of fused-ring (bicyclic) bond motifs is 1. The molecule has 3 N–H and O–H groups in total. The fourth-order valence-corrected chi connectivity index (χ4v) is 4.35. The third-order valence-electron chi connectivity index (χ3n) is 4.69. The van der Waals surface area contributed by atoms with E-state index in [-0.39, 0.29) is 12.5 Å². The number of carboxylic acid groups (broad SMARTS) is 1. The number of hydrogen-bond acceptors (Lipinski definition) is 7. The fraction of sp³-hybridized carbons (Fsp3) is 0.524. The summed E-state index contributed by atoms with van der Waals surface area (Å²) >= 11 is 1.44. The minimum atomic E-state index is -1.12. The Morgan fingerprint density at radius 1 is 1.29 bits per heavy atom. The van der Waals surface area contributed by atoms with E-state index in [0.29, 0.717) is 37.2 Å². The Morgan fingerprint density at radius 3 is 2.71 bits per heavy atom. The highest BCUT2D eigenvalue weighted by atomic mass is 32.2. The molecule has 2 atom stereocenters. The first-order chi connectivity index (χ1) is 14.8. The summed E-state index contributed by atoms with van der Waals surface area (Å²) in [6.45, 7) is 3.41. The van der Waals surface area contributed by atoms with E-state index < -0.39 is 36.5 Å². The van der Waals surface area contributed by atoms with Gasteiger partial charge in [0, 0.05) is 24.1 Å². The molecular weight excluding hydrogens is 422 g/mol. The van der Waals surface area contributed by atoms with Crippen LogP contribution in [0.3, 0.4) is 0 Å². The Hall–Kier alpha value is -2.59. The molecule has 1 aromatic carbocycles. The lowest BCUT2D eigenvalue weighted by Gasteiger charge is -2.27. The molecule has 10 heteroatoms. The SMILES string of the molecule is CCOC(=O)[C@H](CCCCNC(C)=O)N[C@H]1CSc2ccccc2N(CC(=O)O)C1=O. The largest absolute Gasteiger partial charge is 0.480 e. The summed E-state index contributed by atoms with van der Waals surface area (Å²) in [6, 6.07) is 5.69. The molecule has 9 nitrogen and oxygen atoms in total. The van der Waals surface area contributed by atoms with E-state index in [0.717, 1.165) is 4.90 Å². The second kappa shape index (κ2) is 12.3. The van der Waals surface area contributed by atoms with Crippen molar-refractivity contribution in [3.63, 3.8) is 0 Å². The number of carbonyl (C=O) groups is 4. The van der Waals surface area contributed by atoms with Crippen molar-refractivity contribution in [3.05, 3.63) is 24.3 Å². The number of nitrogens with one attached hydrogen (secondary N) is 2. The molecule has 0 bridgehead atoms. The maximum atomic E-state index is 13.2. The molecule has 0 radical (unpaired) electrons. The highest BCUT2D eigenvalue weighted by molar-refractivity contribution is 7.99. The number of ether oxygens (including phenoxy) is 1. The zero-order valence-electron chi connectivity index (χ0n) is 17.8. The van der Waals surface area contributed by atoms with Crippen molar-refractivity contribution < 1.29 is 29.0 Å². The van der Waals surface area contributed by atoms with Crippen LogP contribution in [0.5, 0.6) is 0 Å². The minimum absolute atomic E-state index is 0.112. The van der Waals surface area contributed by atoms with Gasteiger partial charge in [-0.15, -0.1) is 11.8 Å². The monoisotopic (exact) mass is 451 g/mol. The van der Waals surface area contributed by atoms with Crippen LogP contribution in [0.2, 0.25) is 0 Å². The van der Waals surface area contributed by atoms with E-state index in [1.54, 1.807) is 19.1 Å². The molecule has 0 saturated heterocycles. The van der Waals surface area contributed by atoms with Crippen LogP contribution >= 0.6 is 11.8 Å².